The Morgan fingerprint density at radius 2 is 1.89 bits per heavy atom. The second-order valence-corrected chi connectivity index (χ2v) is 8.67. The number of nitrogens with zero attached hydrogens (tertiary/aromatic N) is 1. The number of anilines is 1. The Labute approximate surface area is 166 Å². The highest BCUT2D eigenvalue weighted by Crippen LogP contribution is 2.28. The highest BCUT2D eigenvalue weighted by atomic mass is 32.2. The predicted molar refractivity (Wildman–Crippen MR) is 109 cm³/mol. The molecular weight excluding hydrogens is 376 g/mol. The summed E-state index contributed by atoms with van der Waals surface area (Å²) >= 11 is 0. The molecule has 0 radical (unpaired) electrons. The van der Waals surface area contributed by atoms with Gasteiger partial charge in [-0.05, 0) is 61.2 Å². The minimum absolute atomic E-state index is 0.0855. The number of carbonyl (C=O) groups excluding carboxylic acids is 1. The van der Waals surface area contributed by atoms with Gasteiger partial charge in [-0.25, -0.2) is 13.1 Å². The SMILES string of the molecule is CC[C@@H](NS(=O)(=O)c1ccc(N2CCCC2=O)c(C)c1)c1ccc(OC)cc1. The third-order valence-electron chi connectivity index (χ3n) is 5.07. The van der Waals surface area contributed by atoms with Crippen molar-refractivity contribution in [2.45, 2.75) is 44.0 Å². The summed E-state index contributed by atoms with van der Waals surface area (Å²) in [7, 11) is -2.10. The molecule has 1 N–H and O–H groups in total. The fourth-order valence-electron chi connectivity index (χ4n) is 3.48. The van der Waals surface area contributed by atoms with Crippen LogP contribution in [0.5, 0.6) is 5.75 Å². The van der Waals surface area contributed by atoms with Crippen LogP contribution in [0.3, 0.4) is 0 Å². The normalized spacial score (nSPS) is 15.7. The summed E-state index contributed by atoms with van der Waals surface area (Å²) in [6.45, 7) is 4.45. The number of ether oxygens (including phenoxy) is 1. The monoisotopic (exact) mass is 402 g/mol. The second kappa shape index (κ2) is 8.32. The Bertz CT molecular complexity index is 955. The number of aryl methyl sites for hydroxylation is 1. The fraction of sp³-hybridized carbons (Fsp3) is 0.381. The van der Waals surface area contributed by atoms with Gasteiger partial charge in [0.1, 0.15) is 5.75 Å². The molecule has 1 atom stereocenters. The molecule has 0 aliphatic carbocycles. The molecule has 1 heterocycles. The van der Waals surface area contributed by atoms with Crippen LogP contribution < -0.4 is 14.4 Å². The molecule has 2 aromatic rings. The van der Waals surface area contributed by atoms with E-state index >= 15 is 0 Å². The van der Waals surface area contributed by atoms with Crippen molar-refractivity contribution in [2.75, 3.05) is 18.6 Å². The minimum Gasteiger partial charge on any atom is -0.497 e. The van der Waals surface area contributed by atoms with Crippen LogP contribution in [-0.2, 0) is 14.8 Å². The Morgan fingerprint density at radius 1 is 1.18 bits per heavy atom. The largest absolute Gasteiger partial charge is 0.497 e. The molecule has 2 aromatic carbocycles. The van der Waals surface area contributed by atoms with Crippen molar-refractivity contribution >= 4 is 21.6 Å². The first-order chi connectivity index (χ1) is 13.4. The smallest absolute Gasteiger partial charge is 0.241 e. The van der Waals surface area contributed by atoms with Crippen molar-refractivity contribution in [3.63, 3.8) is 0 Å². The molecule has 7 heteroatoms. The summed E-state index contributed by atoms with van der Waals surface area (Å²) in [4.78, 5) is 13.9. The lowest BCUT2D eigenvalue weighted by molar-refractivity contribution is -0.117. The number of sulfonamides is 1. The van der Waals surface area contributed by atoms with Crippen LogP contribution in [0, 0.1) is 6.92 Å². The molecule has 150 valence electrons. The number of hydrogen-bond acceptors (Lipinski definition) is 4. The van der Waals surface area contributed by atoms with Crippen LogP contribution in [0.15, 0.2) is 47.4 Å². The van der Waals surface area contributed by atoms with Crippen molar-refractivity contribution in [1.29, 1.82) is 0 Å². The Hall–Kier alpha value is -2.38. The first-order valence-electron chi connectivity index (χ1n) is 9.43. The highest BCUT2D eigenvalue weighted by molar-refractivity contribution is 7.89. The molecule has 0 bridgehead atoms. The Morgan fingerprint density at radius 3 is 2.43 bits per heavy atom. The summed E-state index contributed by atoms with van der Waals surface area (Å²) < 4.78 is 33.8. The van der Waals surface area contributed by atoms with E-state index in [4.69, 9.17) is 4.74 Å². The molecule has 1 fully saturated rings. The van der Waals surface area contributed by atoms with Crippen molar-refractivity contribution in [3.8, 4) is 5.75 Å². The average Bonchev–Trinajstić information content (AvgIpc) is 3.12. The van der Waals surface area contributed by atoms with E-state index in [0.717, 1.165) is 29.0 Å². The molecule has 1 amide bonds. The van der Waals surface area contributed by atoms with E-state index in [9.17, 15) is 13.2 Å². The van der Waals surface area contributed by atoms with Gasteiger partial charge in [-0.15, -0.1) is 0 Å². The molecule has 0 aromatic heterocycles. The highest BCUT2D eigenvalue weighted by Gasteiger charge is 2.25. The first-order valence-corrected chi connectivity index (χ1v) is 10.9. The zero-order chi connectivity index (χ0) is 20.3. The van der Waals surface area contributed by atoms with Gasteiger partial charge in [-0.2, -0.15) is 0 Å². The minimum atomic E-state index is -3.70. The Kier molecular flexibility index (Phi) is 6.05. The van der Waals surface area contributed by atoms with Crippen molar-refractivity contribution in [3.05, 3.63) is 53.6 Å². The molecule has 1 aliphatic rings. The molecule has 0 spiro atoms. The van der Waals surface area contributed by atoms with Crippen molar-refractivity contribution in [2.24, 2.45) is 0 Å². The predicted octanol–water partition coefficient (Wildman–Crippen LogP) is 3.56. The summed E-state index contributed by atoms with van der Waals surface area (Å²) in [5, 5.41) is 0. The van der Waals surface area contributed by atoms with Crippen LogP contribution in [0.25, 0.3) is 0 Å². The van der Waals surface area contributed by atoms with Crippen molar-refractivity contribution in [1.82, 2.24) is 4.72 Å². The van der Waals surface area contributed by atoms with Gasteiger partial charge in [0.25, 0.3) is 0 Å². The topological polar surface area (TPSA) is 75.7 Å². The summed E-state index contributed by atoms with van der Waals surface area (Å²) in [6, 6.07) is 11.9. The average molecular weight is 403 g/mol. The molecule has 0 saturated carbocycles. The van der Waals surface area contributed by atoms with E-state index in [-0.39, 0.29) is 16.8 Å². The lowest BCUT2D eigenvalue weighted by atomic mass is 10.1. The van der Waals surface area contributed by atoms with Crippen LogP contribution in [0.1, 0.15) is 43.4 Å². The van der Waals surface area contributed by atoms with E-state index in [1.54, 1.807) is 30.2 Å². The lowest BCUT2D eigenvalue weighted by Gasteiger charge is -2.21. The van der Waals surface area contributed by atoms with E-state index in [1.807, 2.05) is 38.1 Å². The number of carbonyl (C=O) groups is 1. The number of hydrogen-bond donors (Lipinski definition) is 1. The number of methoxy groups -OCH3 is 1. The molecule has 28 heavy (non-hydrogen) atoms. The maximum atomic E-state index is 12.9. The standard InChI is InChI=1S/C21H26N2O4S/c1-4-19(16-7-9-17(27-3)10-8-16)22-28(25,26)18-11-12-20(15(2)14-18)23-13-5-6-21(23)24/h7-12,14,19,22H,4-6,13H2,1-3H3/t19-/m1/s1. The summed E-state index contributed by atoms with van der Waals surface area (Å²) in [6.07, 6.45) is 1.99. The number of rotatable bonds is 7. The van der Waals surface area contributed by atoms with Crippen LogP contribution in [0.4, 0.5) is 5.69 Å². The second-order valence-electron chi connectivity index (χ2n) is 6.95. The van der Waals surface area contributed by atoms with E-state index in [2.05, 4.69) is 4.72 Å². The van der Waals surface area contributed by atoms with Gasteiger partial charge >= 0.3 is 0 Å². The van der Waals surface area contributed by atoms with Gasteiger partial charge in [0.05, 0.1) is 12.0 Å². The number of nitrogens with one attached hydrogen (secondary N) is 1. The zero-order valence-electron chi connectivity index (χ0n) is 16.4. The number of amides is 1. The van der Waals surface area contributed by atoms with Crippen molar-refractivity contribution < 1.29 is 17.9 Å². The third kappa shape index (κ3) is 4.20. The van der Waals surface area contributed by atoms with Gasteiger partial charge < -0.3 is 9.64 Å². The van der Waals surface area contributed by atoms with Crippen LogP contribution in [-0.4, -0.2) is 28.0 Å². The van der Waals surface area contributed by atoms with Gasteiger partial charge in [0.2, 0.25) is 15.9 Å². The van der Waals surface area contributed by atoms with Crippen LogP contribution >= 0.6 is 0 Å². The maximum Gasteiger partial charge on any atom is 0.241 e. The molecule has 3 rings (SSSR count). The van der Waals surface area contributed by atoms with Crippen LogP contribution in [0.2, 0.25) is 0 Å². The molecule has 6 nitrogen and oxygen atoms in total. The van der Waals surface area contributed by atoms with E-state index in [0.29, 0.717) is 19.4 Å². The summed E-state index contributed by atoms with van der Waals surface area (Å²) in [5.41, 5.74) is 2.43. The maximum absolute atomic E-state index is 12.9. The molecule has 0 unspecified atom stereocenters. The summed E-state index contributed by atoms with van der Waals surface area (Å²) in [5.74, 6) is 0.812. The molecule has 1 saturated heterocycles. The van der Waals surface area contributed by atoms with Gasteiger partial charge in [-0.3, -0.25) is 4.79 Å². The number of benzene rings is 2. The first kappa shape index (κ1) is 20.4. The molecular formula is C21H26N2O4S. The van der Waals surface area contributed by atoms with E-state index in [1.165, 1.54) is 0 Å². The van der Waals surface area contributed by atoms with Gasteiger partial charge in [-0.1, -0.05) is 19.1 Å². The Balaban J connectivity index is 1.83. The fourth-order valence-corrected chi connectivity index (χ4v) is 4.87. The molecule has 1 aliphatic heterocycles. The lowest BCUT2D eigenvalue weighted by Crippen LogP contribution is -2.29. The van der Waals surface area contributed by atoms with E-state index < -0.39 is 10.0 Å². The zero-order valence-corrected chi connectivity index (χ0v) is 17.3. The third-order valence-corrected chi connectivity index (χ3v) is 6.54. The van der Waals surface area contributed by atoms with Gasteiger partial charge in [0.15, 0.2) is 0 Å². The quantitative estimate of drug-likeness (QED) is 0.768. The van der Waals surface area contributed by atoms with Gasteiger partial charge in [0, 0.05) is 24.7 Å².